The second-order valence-corrected chi connectivity index (χ2v) is 6.94. The standard InChI is InChI=1S/C18H22F3NO5/c1-16(2,3)27-15(25)22-17(9-10-23,14(24)26-4)11-12-5-7-13(8-6-12)18(19,20)21/h5-8,10H,9,11H2,1-4H3,(H,22,25). The molecule has 0 aromatic heterocycles. The third kappa shape index (κ3) is 6.58. The highest BCUT2D eigenvalue weighted by Crippen LogP contribution is 2.30. The van der Waals surface area contributed by atoms with Crippen molar-refractivity contribution in [2.75, 3.05) is 7.11 Å². The largest absolute Gasteiger partial charge is 0.467 e. The number of benzene rings is 1. The topological polar surface area (TPSA) is 81.7 Å². The Labute approximate surface area is 155 Å². The van der Waals surface area contributed by atoms with Crippen LogP contribution < -0.4 is 5.32 Å². The van der Waals surface area contributed by atoms with Crippen molar-refractivity contribution in [1.29, 1.82) is 0 Å². The summed E-state index contributed by atoms with van der Waals surface area (Å²) in [6.07, 6.45) is -5.74. The summed E-state index contributed by atoms with van der Waals surface area (Å²) in [6.45, 7) is 4.84. The first kappa shape index (κ1) is 22.5. The average molecular weight is 389 g/mol. The van der Waals surface area contributed by atoms with Crippen molar-refractivity contribution in [3.05, 3.63) is 35.4 Å². The summed E-state index contributed by atoms with van der Waals surface area (Å²) in [5, 5.41) is 2.34. The quantitative estimate of drug-likeness (QED) is 0.597. The minimum absolute atomic E-state index is 0.254. The van der Waals surface area contributed by atoms with E-state index in [1.54, 1.807) is 20.8 Å². The normalized spacial score (nSPS) is 14.0. The van der Waals surface area contributed by atoms with E-state index < -0.39 is 41.4 Å². The molecule has 1 aromatic rings. The third-order valence-corrected chi connectivity index (χ3v) is 3.54. The fourth-order valence-electron chi connectivity index (χ4n) is 2.37. The number of alkyl halides is 3. The van der Waals surface area contributed by atoms with Crippen LogP contribution >= 0.6 is 0 Å². The SMILES string of the molecule is COC(=O)C(CC=O)(Cc1ccc(C(F)(F)F)cc1)NC(=O)OC(C)(C)C. The zero-order valence-electron chi connectivity index (χ0n) is 15.5. The highest BCUT2D eigenvalue weighted by Gasteiger charge is 2.42. The van der Waals surface area contributed by atoms with Gasteiger partial charge in [0, 0.05) is 12.8 Å². The number of carbonyl (C=O) groups excluding carboxylic acids is 3. The maximum atomic E-state index is 12.7. The van der Waals surface area contributed by atoms with Gasteiger partial charge in [0.1, 0.15) is 11.9 Å². The molecule has 9 heteroatoms. The second-order valence-electron chi connectivity index (χ2n) is 6.94. The van der Waals surface area contributed by atoms with Crippen molar-refractivity contribution in [2.24, 2.45) is 0 Å². The molecule has 0 heterocycles. The Kier molecular flexibility index (Phi) is 6.99. The number of esters is 1. The predicted molar refractivity (Wildman–Crippen MR) is 89.9 cm³/mol. The Morgan fingerprint density at radius 1 is 1.11 bits per heavy atom. The molecule has 1 amide bonds. The number of rotatable bonds is 6. The van der Waals surface area contributed by atoms with Gasteiger partial charge in [-0.15, -0.1) is 0 Å². The summed E-state index contributed by atoms with van der Waals surface area (Å²) in [6, 6.07) is 4.04. The van der Waals surface area contributed by atoms with E-state index in [-0.39, 0.29) is 6.42 Å². The van der Waals surface area contributed by atoms with Crippen LogP contribution in [0, 0.1) is 0 Å². The summed E-state index contributed by atoms with van der Waals surface area (Å²) < 4.78 is 47.9. The monoisotopic (exact) mass is 389 g/mol. The lowest BCUT2D eigenvalue weighted by Crippen LogP contribution is -2.57. The molecule has 1 unspecified atom stereocenters. The number of ether oxygens (including phenoxy) is 2. The molecule has 0 spiro atoms. The van der Waals surface area contributed by atoms with Gasteiger partial charge >= 0.3 is 18.2 Å². The Morgan fingerprint density at radius 3 is 2.07 bits per heavy atom. The fourth-order valence-corrected chi connectivity index (χ4v) is 2.37. The lowest BCUT2D eigenvalue weighted by molar-refractivity contribution is -0.149. The average Bonchev–Trinajstić information content (AvgIpc) is 2.51. The van der Waals surface area contributed by atoms with E-state index in [9.17, 15) is 27.6 Å². The first-order valence-electron chi connectivity index (χ1n) is 8.02. The number of aldehydes is 1. The molecule has 27 heavy (non-hydrogen) atoms. The van der Waals surface area contributed by atoms with Crippen LogP contribution in [0.25, 0.3) is 0 Å². The molecular weight excluding hydrogens is 367 g/mol. The summed E-state index contributed by atoms with van der Waals surface area (Å²) >= 11 is 0. The zero-order valence-corrected chi connectivity index (χ0v) is 15.5. The lowest BCUT2D eigenvalue weighted by atomic mass is 9.87. The Morgan fingerprint density at radius 2 is 1.67 bits per heavy atom. The minimum atomic E-state index is -4.50. The number of methoxy groups -OCH3 is 1. The maximum Gasteiger partial charge on any atom is 0.416 e. The number of alkyl carbamates (subject to hydrolysis) is 1. The summed E-state index contributed by atoms with van der Waals surface area (Å²) in [4.78, 5) is 35.6. The molecule has 6 nitrogen and oxygen atoms in total. The Balaban J connectivity index is 3.18. The van der Waals surface area contributed by atoms with Gasteiger partial charge in [0.15, 0.2) is 5.54 Å². The number of nitrogens with one attached hydrogen (secondary N) is 1. The van der Waals surface area contributed by atoms with Crippen molar-refractivity contribution in [1.82, 2.24) is 5.32 Å². The lowest BCUT2D eigenvalue weighted by Gasteiger charge is -2.31. The van der Waals surface area contributed by atoms with E-state index >= 15 is 0 Å². The van der Waals surface area contributed by atoms with Gasteiger partial charge in [-0.1, -0.05) is 12.1 Å². The van der Waals surface area contributed by atoms with Gasteiger partial charge in [-0.25, -0.2) is 9.59 Å². The maximum absolute atomic E-state index is 12.7. The summed E-state index contributed by atoms with van der Waals surface area (Å²) in [5.41, 5.74) is -3.23. The minimum Gasteiger partial charge on any atom is -0.467 e. The molecule has 0 saturated carbocycles. The zero-order chi connectivity index (χ0) is 20.9. The van der Waals surface area contributed by atoms with Gasteiger partial charge in [-0.2, -0.15) is 13.2 Å². The predicted octanol–water partition coefficient (Wildman–Crippen LogP) is 3.27. The van der Waals surface area contributed by atoms with E-state index in [4.69, 9.17) is 9.47 Å². The van der Waals surface area contributed by atoms with Crippen molar-refractivity contribution >= 4 is 18.3 Å². The number of carbonyl (C=O) groups is 3. The number of halogens is 3. The van der Waals surface area contributed by atoms with Gasteiger partial charge in [-0.05, 0) is 38.5 Å². The van der Waals surface area contributed by atoms with Gasteiger partial charge in [0.25, 0.3) is 0 Å². The molecule has 0 aliphatic rings. The molecule has 0 radical (unpaired) electrons. The van der Waals surface area contributed by atoms with Crippen LogP contribution in [0.4, 0.5) is 18.0 Å². The van der Waals surface area contributed by atoms with Gasteiger partial charge < -0.3 is 19.6 Å². The van der Waals surface area contributed by atoms with Crippen LogP contribution in [-0.4, -0.2) is 36.6 Å². The highest BCUT2D eigenvalue weighted by atomic mass is 19.4. The Hall–Kier alpha value is -2.58. The van der Waals surface area contributed by atoms with Crippen molar-refractivity contribution < 1.29 is 37.0 Å². The molecule has 1 atom stereocenters. The summed E-state index contributed by atoms with van der Waals surface area (Å²) in [7, 11) is 1.07. The van der Waals surface area contributed by atoms with Gasteiger partial charge in [0.05, 0.1) is 12.7 Å². The van der Waals surface area contributed by atoms with Gasteiger partial charge in [-0.3, -0.25) is 0 Å². The van der Waals surface area contributed by atoms with Crippen LogP contribution in [-0.2, 0) is 31.7 Å². The van der Waals surface area contributed by atoms with Gasteiger partial charge in [0.2, 0.25) is 0 Å². The highest BCUT2D eigenvalue weighted by molar-refractivity contribution is 5.88. The Bertz CT molecular complexity index is 680. The fraction of sp³-hybridized carbons (Fsp3) is 0.500. The molecule has 1 aromatic carbocycles. The number of hydrogen-bond donors (Lipinski definition) is 1. The van der Waals surface area contributed by atoms with Crippen LogP contribution in [0.1, 0.15) is 38.3 Å². The van der Waals surface area contributed by atoms with E-state index in [2.05, 4.69) is 5.32 Å². The van der Waals surface area contributed by atoms with Crippen molar-refractivity contribution in [3.8, 4) is 0 Å². The first-order chi connectivity index (χ1) is 12.3. The number of hydrogen-bond acceptors (Lipinski definition) is 5. The van der Waals surface area contributed by atoms with E-state index in [0.717, 1.165) is 19.2 Å². The molecule has 150 valence electrons. The molecule has 0 aliphatic carbocycles. The van der Waals surface area contributed by atoms with E-state index in [1.165, 1.54) is 12.1 Å². The smallest absolute Gasteiger partial charge is 0.416 e. The molecule has 0 aliphatic heterocycles. The van der Waals surface area contributed by atoms with E-state index in [0.29, 0.717) is 11.8 Å². The summed E-state index contributed by atoms with van der Waals surface area (Å²) in [5.74, 6) is -0.916. The second kappa shape index (κ2) is 8.41. The van der Waals surface area contributed by atoms with Crippen molar-refractivity contribution in [3.63, 3.8) is 0 Å². The van der Waals surface area contributed by atoms with Crippen LogP contribution in [0.3, 0.4) is 0 Å². The van der Waals surface area contributed by atoms with E-state index in [1.807, 2.05) is 0 Å². The molecule has 1 N–H and O–H groups in total. The van der Waals surface area contributed by atoms with Crippen molar-refractivity contribution in [2.45, 2.75) is 50.9 Å². The molecule has 0 fully saturated rings. The molecular formula is C18H22F3NO5. The molecule has 0 bridgehead atoms. The van der Waals surface area contributed by atoms with Crippen LogP contribution in [0.5, 0.6) is 0 Å². The van der Waals surface area contributed by atoms with Crippen LogP contribution in [0.2, 0.25) is 0 Å². The first-order valence-corrected chi connectivity index (χ1v) is 8.02. The number of amides is 1. The van der Waals surface area contributed by atoms with Crippen LogP contribution in [0.15, 0.2) is 24.3 Å². The third-order valence-electron chi connectivity index (χ3n) is 3.54. The molecule has 1 rings (SSSR count). The molecule has 0 saturated heterocycles.